The third kappa shape index (κ3) is 6.11. The van der Waals surface area contributed by atoms with Crippen molar-refractivity contribution in [1.29, 1.82) is 0 Å². The predicted molar refractivity (Wildman–Crippen MR) is 123 cm³/mol. The highest BCUT2D eigenvalue weighted by Crippen LogP contribution is 2.15. The van der Waals surface area contributed by atoms with E-state index < -0.39 is 0 Å². The first-order chi connectivity index (χ1) is 13.6. The quantitative estimate of drug-likeness (QED) is 0.368. The number of nitrogens with zero attached hydrogens (tertiary/aromatic N) is 2. The van der Waals surface area contributed by atoms with Crippen LogP contribution in [0.15, 0.2) is 64.8 Å². The molecule has 0 saturated carbocycles. The number of hydrogen-bond acceptors (Lipinski definition) is 5. The van der Waals surface area contributed by atoms with Gasteiger partial charge in [-0.2, -0.15) is 10.2 Å². The van der Waals surface area contributed by atoms with Gasteiger partial charge in [-0.15, -0.1) is 0 Å². The molecule has 0 fully saturated rings. The molecule has 0 saturated heterocycles. The fourth-order valence-corrected chi connectivity index (χ4v) is 2.30. The molecule has 0 heterocycles. The molecule has 146 valence electrons. The molecule has 6 nitrogen and oxygen atoms in total. The van der Waals surface area contributed by atoms with E-state index in [9.17, 15) is 0 Å². The lowest BCUT2D eigenvalue weighted by atomic mass is 10.00. The maximum absolute atomic E-state index is 5.26. The molecule has 0 amide bonds. The van der Waals surface area contributed by atoms with E-state index in [1.54, 1.807) is 14.2 Å². The highest BCUT2D eigenvalue weighted by atomic mass is 32.1. The molecule has 28 heavy (non-hydrogen) atoms. The molecule has 8 heteroatoms. The van der Waals surface area contributed by atoms with Crippen molar-refractivity contribution in [1.82, 2.24) is 16.2 Å². The Hall–Kier alpha value is -2.84. The van der Waals surface area contributed by atoms with Crippen LogP contribution >= 0.6 is 24.4 Å². The predicted octanol–water partition coefficient (Wildman–Crippen LogP) is 3.22. The lowest BCUT2D eigenvalue weighted by Gasteiger charge is -2.13. The van der Waals surface area contributed by atoms with Gasteiger partial charge in [0, 0.05) is 18.2 Å². The van der Waals surface area contributed by atoms with Crippen molar-refractivity contribution in [2.75, 3.05) is 14.2 Å². The van der Waals surface area contributed by atoms with Crippen LogP contribution in [0.2, 0.25) is 0 Å². The summed E-state index contributed by atoms with van der Waals surface area (Å²) in [6, 6.07) is 17.3. The van der Waals surface area contributed by atoms with Crippen LogP contribution in [0.5, 0.6) is 5.75 Å². The molecule has 0 unspecified atom stereocenters. The van der Waals surface area contributed by atoms with E-state index >= 15 is 0 Å². The van der Waals surface area contributed by atoms with Gasteiger partial charge in [0.2, 0.25) is 0 Å². The van der Waals surface area contributed by atoms with Gasteiger partial charge in [-0.05, 0) is 42.9 Å². The maximum Gasteiger partial charge on any atom is 0.186 e. The number of hydrogen-bond donors (Lipinski definition) is 3. The van der Waals surface area contributed by atoms with Crippen molar-refractivity contribution >= 4 is 46.0 Å². The summed E-state index contributed by atoms with van der Waals surface area (Å²) in [5, 5.41) is 12.3. The van der Waals surface area contributed by atoms with Crippen LogP contribution in [-0.4, -0.2) is 35.7 Å². The average Bonchev–Trinajstić information content (AvgIpc) is 2.76. The zero-order valence-corrected chi connectivity index (χ0v) is 17.7. The molecule has 0 radical (unpaired) electrons. The SMILES string of the molecule is CCC(=S)NN=C(C(=NNC(=S)NC)c1ccc(OC)cc1)c1ccccc1. The molecule has 0 aliphatic carbocycles. The first kappa shape index (κ1) is 21.5. The van der Waals surface area contributed by atoms with Gasteiger partial charge in [0.25, 0.3) is 0 Å². The van der Waals surface area contributed by atoms with Crippen molar-refractivity contribution in [2.24, 2.45) is 10.2 Å². The van der Waals surface area contributed by atoms with Gasteiger partial charge in [-0.1, -0.05) is 49.5 Å². The highest BCUT2D eigenvalue weighted by molar-refractivity contribution is 7.80. The first-order valence-corrected chi connectivity index (χ1v) is 9.52. The van der Waals surface area contributed by atoms with Crippen LogP contribution in [0, 0.1) is 0 Å². The number of nitrogens with one attached hydrogen (secondary N) is 3. The average molecular weight is 414 g/mol. The largest absolute Gasteiger partial charge is 0.497 e. The van der Waals surface area contributed by atoms with Crippen LogP contribution in [0.1, 0.15) is 24.5 Å². The highest BCUT2D eigenvalue weighted by Gasteiger charge is 2.16. The third-order valence-electron chi connectivity index (χ3n) is 3.74. The summed E-state index contributed by atoms with van der Waals surface area (Å²) in [4.78, 5) is 0.640. The third-order valence-corrected chi connectivity index (χ3v) is 4.42. The summed E-state index contributed by atoms with van der Waals surface area (Å²) in [6.45, 7) is 1.97. The molecule has 0 bridgehead atoms. The molecule has 2 aromatic rings. The van der Waals surface area contributed by atoms with Crippen molar-refractivity contribution in [3.05, 3.63) is 65.7 Å². The van der Waals surface area contributed by atoms with Gasteiger partial charge in [-0.3, -0.25) is 10.9 Å². The van der Waals surface area contributed by atoms with E-state index in [1.807, 2.05) is 61.5 Å². The Morgan fingerprint density at radius 1 is 0.893 bits per heavy atom. The smallest absolute Gasteiger partial charge is 0.186 e. The van der Waals surface area contributed by atoms with Crippen LogP contribution in [-0.2, 0) is 0 Å². The zero-order valence-electron chi connectivity index (χ0n) is 16.0. The summed E-state index contributed by atoms with van der Waals surface area (Å²) in [6.07, 6.45) is 0.692. The van der Waals surface area contributed by atoms with Crippen LogP contribution in [0.25, 0.3) is 0 Å². The van der Waals surface area contributed by atoms with E-state index in [1.165, 1.54) is 0 Å². The number of thiocarbonyl (C=S) groups is 2. The van der Waals surface area contributed by atoms with E-state index in [0.29, 0.717) is 27.9 Å². The molecule has 2 rings (SSSR count). The number of hydrazone groups is 2. The Kier molecular flexibility index (Phi) is 8.51. The second-order valence-corrected chi connectivity index (χ2v) is 6.50. The Balaban J connectivity index is 2.55. The van der Waals surface area contributed by atoms with Gasteiger partial charge in [0.15, 0.2) is 5.11 Å². The van der Waals surface area contributed by atoms with E-state index in [4.69, 9.17) is 29.2 Å². The molecule has 0 aliphatic rings. The standard InChI is InChI=1S/C20H23N5OS2/c1-4-17(27)22-23-18(14-8-6-5-7-9-14)19(24-25-20(28)21-2)15-10-12-16(26-3)13-11-15/h5-13H,4H2,1-3H3,(H,22,27)(H2,21,25,28). The zero-order chi connectivity index (χ0) is 20.4. The Morgan fingerprint density at radius 2 is 1.46 bits per heavy atom. The van der Waals surface area contributed by atoms with Crippen molar-refractivity contribution < 1.29 is 4.74 Å². The summed E-state index contributed by atoms with van der Waals surface area (Å²) < 4.78 is 5.26. The molecule has 0 spiro atoms. The molecule has 2 aromatic carbocycles. The molecular formula is C20H23N5OS2. The maximum atomic E-state index is 5.26. The fourth-order valence-electron chi connectivity index (χ4n) is 2.21. The van der Waals surface area contributed by atoms with Crippen molar-refractivity contribution in [3.8, 4) is 5.75 Å². The lowest BCUT2D eigenvalue weighted by molar-refractivity contribution is 0.415. The fraction of sp³-hybridized carbons (Fsp3) is 0.200. The molecular weight excluding hydrogens is 390 g/mol. The molecule has 0 aromatic heterocycles. The monoisotopic (exact) mass is 413 g/mol. The minimum absolute atomic E-state index is 0.399. The lowest BCUT2D eigenvalue weighted by Crippen LogP contribution is -2.32. The summed E-state index contributed by atoms with van der Waals surface area (Å²) in [7, 11) is 3.36. The second kappa shape index (κ2) is 11.1. The van der Waals surface area contributed by atoms with E-state index in [0.717, 1.165) is 16.9 Å². The van der Waals surface area contributed by atoms with Gasteiger partial charge < -0.3 is 10.1 Å². The molecule has 0 atom stereocenters. The van der Waals surface area contributed by atoms with E-state index in [-0.39, 0.29) is 0 Å². The minimum Gasteiger partial charge on any atom is -0.497 e. The summed E-state index contributed by atoms with van der Waals surface area (Å²) in [5.41, 5.74) is 8.77. The van der Waals surface area contributed by atoms with Crippen LogP contribution in [0.3, 0.4) is 0 Å². The van der Waals surface area contributed by atoms with Crippen LogP contribution < -0.4 is 20.9 Å². The number of rotatable bonds is 7. The second-order valence-electron chi connectivity index (χ2n) is 5.59. The van der Waals surface area contributed by atoms with Crippen molar-refractivity contribution in [2.45, 2.75) is 13.3 Å². The minimum atomic E-state index is 0.399. The number of benzene rings is 2. The summed E-state index contributed by atoms with van der Waals surface area (Å²) >= 11 is 10.4. The number of ether oxygens (including phenoxy) is 1. The Labute approximate surface area is 176 Å². The van der Waals surface area contributed by atoms with Gasteiger partial charge in [0.05, 0.1) is 12.1 Å². The van der Waals surface area contributed by atoms with E-state index in [2.05, 4.69) is 26.4 Å². The van der Waals surface area contributed by atoms with Crippen molar-refractivity contribution in [3.63, 3.8) is 0 Å². The Morgan fingerprint density at radius 3 is 2.00 bits per heavy atom. The molecule has 0 aliphatic heterocycles. The Bertz CT molecular complexity index is 864. The first-order valence-electron chi connectivity index (χ1n) is 8.71. The topological polar surface area (TPSA) is 70.0 Å². The van der Waals surface area contributed by atoms with Gasteiger partial charge in [0.1, 0.15) is 17.2 Å². The van der Waals surface area contributed by atoms with Crippen LogP contribution in [0.4, 0.5) is 0 Å². The van der Waals surface area contributed by atoms with Gasteiger partial charge in [-0.25, -0.2) is 0 Å². The summed E-state index contributed by atoms with van der Waals surface area (Å²) in [5.74, 6) is 0.755. The normalized spacial score (nSPS) is 11.5. The number of methoxy groups -OCH3 is 1. The molecule has 3 N–H and O–H groups in total. The van der Waals surface area contributed by atoms with Gasteiger partial charge >= 0.3 is 0 Å².